The van der Waals surface area contributed by atoms with Gasteiger partial charge in [0.15, 0.2) is 12.1 Å². The molecule has 0 bridgehead atoms. The van der Waals surface area contributed by atoms with E-state index < -0.39 is 0 Å². The van der Waals surface area contributed by atoms with E-state index in [-0.39, 0.29) is 12.1 Å². The lowest BCUT2D eigenvalue weighted by molar-refractivity contribution is -0.563. The number of aryl methyl sites for hydroxylation is 6. The zero-order chi connectivity index (χ0) is 27.5. The van der Waals surface area contributed by atoms with Crippen LogP contribution in [0.5, 0.6) is 0 Å². The second kappa shape index (κ2) is 11.6. The Morgan fingerprint density at radius 2 is 1.05 bits per heavy atom. The molecule has 0 amide bonds. The van der Waals surface area contributed by atoms with Gasteiger partial charge in [-0.1, -0.05) is 96.1 Å². The minimum absolute atomic E-state index is 0.264. The summed E-state index contributed by atoms with van der Waals surface area (Å²) in [6, 6.07) is 32.1. The minimum atomic E-state index is 0.264. The Morgan fingerprint density at radius 3 is 1.56 bits per heavy atom. The van der Waals surface area contributed by atoms with Gasteiger partial charge in [-0.25, -0.2) is 0 Å². The Morgan fingerprint density at radius 1 is 0.590 bits per heavy atom. The van der Waals surface area contributed by atoms with Gasteiger partial charge in [-0.3, -0.25) is 9.48 Å². The van der Waals surface area contributed by atoms with E-state index in [0.717, 1.165) is 25.9 Å². The van der Waals surface area contributed by atoms with Gasteiger partial charge in [-0.15, -0.1) is 0 Å². The largest absolute Gasteiger partial charge is 0.256 e. The summed E-state index contributed by atoms with van der Waals surface area (Å²) in [5, 5.41) is 0. The van der Waals surface area contributed by atoms with E-state index in [9.17, 15) is 0 Å². The lowest BCUT2D eigenvalue weighted by atomic mass is 9.91. The summed E-state index contributed by atoms with van der Waals surface area (Å²) in [7, 11) is 0. The van der Waals surface area contributed by atoms with E-state index in [0.29, 0.717) is 0 Å². The smallest absolute Gasteiger partial charge is 0.235 e. The second-order valence-corrected chi connectivity index (χ2v) is 11.6. The third kappa shape index (κ3) is 5.86. The van der Waals surface area contributed by atoms with Crippen LogP contribution in [0, 0.1) is 41.5 Å². The molecule has 0 aromatic heterocycles. The van der Waals surface area contributed by atoms with Crippen molar-refractivity contribution in [2.75, 3.05) is 13.1 Å². The third-order valence-electron chi connectivity index (χ3n) is 8.51. The molecule has 0 saturated heterocycles. The maximum Gasteiger partial charge on any atom is 0.235 e. The summed E-state index contributed by atoms with van der Waals surface area (Å²) < 4.78 is 2.61. The normalized spacial score (nSPS) is 17.0. The standard InChI is InChI=1S/C37H43N2/c1-26-21-28(3)34(29(4)22-26)17-19-38-25-39(20-18-35-30(5)23-27(2)24-31(35)6)37(33-15-11-8-12-16-33)36(38)32-13-9-7-10-14-32/h7-16,21-25,36-37H,17-20H2,1-6H3/q+1/t36-,37-/m0/s1. The van der Waals surface area contributed by atoms with Gasteiger partial charge in [0.1, 0.15) is 0 Å². The molecule has 0 fully saturated rings. The second-order valence-electron chi connectivity index (χ2n) is 11.6. The number of rotatable bonds is 8. The maximum atomic E-state index is 2.61. The van der Waals surface area contributed by atoms with E-state index in [1.807, 2.05) is 0 Å². The van der Waals surface area contributed by atoms with E-state index in [2.05, 4.69) is 142 Å². The van der Waals surface area contributed by atoms with Crippen LogP contribution in [0.4, 0.5) is 0 Å². The predicted octanol–water partition coefficient (Wildman–Crippen LogP) is 8.16. The lowest BCUT2D eigenvalue weighted by Crippen LogP contribution is -2.28. The number of hydrogen-bond donors (Lipinski definition) is 0. The third-order valence-corrected chi connectivity index (χ3v) is 8.51. The van der Waals surface area contributed by atoms with Crippen molar-refractivity contribution in [2.45, 2.75) is 66.5 Å². The predicted molar refractivity (Wildman–Crippen MR) is 165 cm³/mol. The Hall–Kier alpha value is -3.65. The average molecular weight is 516 g/mol. The summed E-state index contributed by atoms with van der Waals surface area (Å²) in [5.41, 5.74) is 14.1. The SMILES string of the molecule is Cc1cc(C)c(CCN2C=[N+](CCc3c(C)cc(C)cc3C)[C@@H](c3ccccc3)[C@@H]2c2ccccc2)c(C)c1. The van der Waals surface area contributed by atoms with Crippen LogP contribution in [0.3, 0.4) is 0 Å². The number of benzene rings is 4. The topological polar surface area (TPSA) is 6.25 Å². The molecule has 4 aromatic carbocycles. The van der Waals surface area contributed by atoms with Gasteiger partial charge in [0, 0.05) is 24.0 Å². The van der Waals surface area contributed by atoms with Gasteiger partial charge >= 0.3 is 0 Å². The molecule has 200 valence electrons. The first-order chi connectivity index (χ1) is 18.8. The first kappa shape index (κ1) is 26.9. The Kier molecular flexibility index (Phi) is 8.02. The summed E-state index contributed by atoms with van der Waals surface area (Å²) in [4.78, 5) is 2.61. The maximum absolute atomic E-state index is 2.61. The molecule has 0 unspecified atom stereocenters. The molecular weight excluding hydrogens is 472 g/mol. The highest BCUT2D eigenvalue weighted by Gasteiger charge is 2.43. The monoisotopic (exact) mass is 515 g/mol. The van der Waals surface area contributed by atoms with Gasteiger partial charge in [0.05, 0.1) is 13.1 Å². The average Bonchev–Trinajstić information content (AvgIpc) is 3.26. The van der Waals surface area contributed by atoms with Crippen LogP contribution in [-0.4, -0.2) is 28.9 Å². The van der Waals surface area contributed by atoms with Crippen LogP contribution in [0.2, 0.25) is 0 Å². The molecule has 39 heavy (non-hydrogen) atoms. The molecule has 1 aliphatic rings. The summed E-state index contributed by atoms with van der Waals surface area (Å²) in [6.45, 7) is 15.4. The van der Waals surface area contributed by atoms with Crippen molar-refractivity contribution in [3.63, 3.8) is 0 Å². The molecule has 1 aliphatic heterocycles. The lowest BCUT2D eigenvalue weighted by Gasteiger charge is -2.25. The van der Waals surface area contributed by atoms with Gasteiger partial charge in [-0.2, -0.15) is 0 Å². The number of nitrogens with zero attached hydrogens (tertiary/aromatic N) is 2. The first-order valence-corrected chi connectivity index (χ1v) is 14.4. The minimum Gasteiger partial charge on any atom is -0.256 e. The summed E-state index contributed by atoms with van der Waals surface area (Å²) in [6.07, 6.45) is 4.53. The van der Waals surface area contributed by atoms with Crippen molar-refractivity contribution in [3.05, 3.63) is 141 Å². The molecule has 2 nitrogen and oxygen atoms in total. The van der Waals surface area contributed by atoms with Crippen LogP contribution in [0.1, 0.15) is 67.7 Å². The Balaban J connectivity index is 1.51. The van der Waals surface area contributed by atoms with E-state index in [1.165, 1.54) is 55.6 Å². The molecule has 0 spiro atoms. The van der Waals surface area contributed by atoms with Crippen molar-refractivity contribution in [3.8, 4) is 0 Å². The zero-order valence-corrected chi connectivity index (χ0v) is 24.5. The highest BCUT2D eigenvalue weighted by molar-refractivity contribution is 5.55. The Bertz CT molecular complexity index is 1420. The molecule has 0 aliphatic carbocycles. The van der Waals surface area contributed by atoms with Gasteiger partial charge in [-0.05, 0) is 74.9 Å². The molecule has 2 atom stereocenters. The highest BCUT2D eigenvalue weighted by atomic mass is 15.3. The molecule has 0 radical (unpaired) electrons. The van der Waals surface area contributed by atoms with Crippen molar-refractivity contribution >= 4 is 6.34 Å². The van der Waals surface area contributed by atoms with E-state index in [1.54, 1.807) is 0 Å². The summed E-state index contributed by atoms with van der Waals surface area (Å²) >= 11 is 0. The fraction of sp³-hybridized carbons (Fsp3) is 0.324. The quantitative estimate of drug-likeness (QED) is 0.215. The Labute approximate surface area is 235 Å². The van der Waals surface area contributed by atoms with Crippen LogP contribution < -0.4 is 0 Å². The molecule has 5 rings (SSSR count). The van der Waals surface area contributed by atoms with Crippen LogP contribution in [-0.2, 0) is 12.8 Å². The summed E-state index contributed by atoms with van der Waals surface area (Å²) in [5.74, 6) is 0. The zero-order valence-electron chi connectivity index (χ0n) is 24.5. The van der Waals surface area contributed by atoms with Gasteiger partial charge < -0.3 is 0 Å². The molecule has 1 heterocycles. The van der Waals surface area contributed by atoms with Crippen molar-refractivity contribution in [1.29, 1.82) is 0 Å². The van der Waals surface area contributed by atoms with Gasteiger partial charge in [0.25, 0.3) is 0 Å². The van der Waals surface area contributed by atoms with E-state index in [4.69, 9.17) is 0 Å². The first-order valence-electron chi connectivity index (χ1n) is 14.4. The molecule has 4 aromatic rings. The molecule has 0 saturated carbocycles. The molecule has 2 heteroatoms. The fourth-order valence-corrected chi connectivity index (χ4v) is 6.83. The molecular formula is C37H43N2+. The number of hydrogen-bond acceptors (Lipinski definition) is 1. The fourth-order valence-electron chi connectivity index (χ4n) is 6.83. The van der Waals surface area contributed by atoms with Crippen LogP contribution in [0.25, 0.3) is 0 Å². The van der Waals surface area contributed by atoms with E-state index >= 15 is 0 Å². The van der Waals surface area contributed by atoms with Crippen molar-refractivity contribution < 1.29 is 4.58 Å². The van der Waals surface area contributed by atoms with Crippen molar-refractivity contribution in [2.24, 2.45) is 0 Å². The van der Waals surface area contributed by atoms with Crippen molar-refractivity contribution in [1.82, 2.24) is 4.90 Å². The van der Waals surface area contributed by atoms with Crippen LogP contribution in [0.15, 0.2) is 84.9 Å². The highest BCUT2D eigenvalue weighted by Crippen LogP contribution is 2.40. The van der Waals surface area contributed by atoms with Gasteiger partial charge in [0.2, 0.25) is 6.34 Å². The molecule has 0 N–H and O–H groups in total. The van der Waals surface area contributed by atoms with Crippen LogP contribution >= 0.6 is 0 Å².